The molecule has 1 amide bonds. The molecule has 0 saturated carbocycles. The molecular weight excluding hydrogens is 392 g/mol. The van der Waals surface area contributed by atoms with E-state index in [0.717, 1.165) is 16.1 Å². The SMILES string of the molecule is Cc1nccn1-c1cc(NCCNC(=O)c2cc(Br)cs2)ncn1. The van der Waals surface area contributed by atoms with Crippen molar-refractivity contribution in [3.05, 3.63) is 51.4 Å². The van der Waals surface area contributed by atoms with Gasteiger partial charge in [-0.2, -0.15) is 0 Å². The van der Waals surface area contributed by atoms with Crippen LogP contribution >= 0.6 is 27.3 Å². The molecule has 0 radical (unpaired) electrons. The van der Waals surface area contributed by atoms with Crippen LogP contribution in [0.4, 0.5) is 5.82 Å². The van der Waals surface area contributed by atoms with Gasteiger partial charge in [0.05, 0.1) is 4.88 Å². The van der Waals surface area contributed by atoms with E-state index in [1.54, 1.807) is 12.3 Å². The number of amides is 1. The number of aromatic nitrogens is 4. The summed E-state index contributed by atoms with van der Waals surface area (Å²) >= 11 is 4.74. The van der Waals surface area contributed by atoms with Gasteiger partial charge in [0, 0.05) is 41.4 Å². The molecule has 3 aromatic heterocycles. The average Bonchev–Trinajstić information content (AvgIpc) is 3.20. The molecule has 3 rings (SSSR count). The van der Waals surface area contributed by atoms with Crippen LogP contribution in [0.2, 0.25) is 0 Å². The van der Waals surface area contributed by atoms with Gasteiger partial charge in [-0.05, 0) is 28.9 Å². The molecular formula is C15H15BrN6OS. The number of halogens is 1. The van der Waals surface area contributed by atoms with Crippen LogP contribution in [0.25, 0.3) is 5.82 Å². The Morgan fingerprint density at radius 3 is 2.88 bits per heavy atom. The van der Waals surface area contributed by atoms with Crippen LogP contribution in [0.15, 0.2) is 40.7 Å². The molecule has 3 aromatic rings. The largest absolute Gasteiger partial charge is 0.368 e. The van der Waals surface area contributed by atoms with Gasteiger partial charge in [-0.25, -0.2) is 15.0 Å². The summed E-state index contributed by atoms with van der Waals surface area (Å²) in [5.74, 6) is 2.22. The Balaban J connectivity index is 1.52. The molecule has 0 aliphatic carbocycles. The summed E-state index contributed by atoms with van der Waals surface area (Å²) in [5, 5.41) is 7.92. The number of carbonyl (C=O) groups excluding carboxylic acids is 1. The fraction of sp³-hybridized carbons (Fsp3) is 0.200. The molecule has 0 atom stereocenters. The molecule has 0 bridgehead atoms. The third-order valence-electron chi connectivity index (χ3n) is 3.23. The molecule has 124 valence electrons. The summed E-state index contributed by atoms with van der Waals surface area (Å²) in [4.78, 5) is 25.2. The summed E-state index contributed by atoms with van der Waals surface area (Å²) in [6.07, 6.45) is 5.07. The van der Waals surface area contributed by atoms with Crippen LogP contribution in [-0.4, -0.2) is 38.5 Å². The second-order valence-corrected chi connectivity index (χ2v) is 6.74. The highest BCUT2D eigenvalue weighted by molar-refractivity contribution is 9.10. The third kappa shape index (κ3) is 3.98. The minimum atomic E-state index is -0.0788. The maximum Gasteiger partial charge on any atom is 0.261 e. The first-order valence-electron chi connectivity index (χ1n) is 7.22. The molecule has 0 aromatic carbocycles. The van der Waals surface area contributed by atoms with E-state index in [1.165, 1.54) is 17.7 Å². The highest BCUT2D eigenvalue weighted by Crippen LogP contribution is 2.19. The molecule has 7 nitrogen and oxygen atoms in total. The Bertz CT molecular complexity index is 846. The normalized spacial score (nSPS) is 10.6. The number of nitrogens with zero attached hydrogens (tertiary/aromatic N) is 4. The molecule has 9 heteroatoms. The number of rotatable bonds is 6. The molecule has 2 N–H and O–H groups in total. The zero-order chi connectivity index (χ0) is 16.9. The van der Waals surface area contributed by atoms with E-state index in [4.69, 9.17) is 0 Å². The van der Waals surface area contributed by atoms with Gasteiger partial charge in [0.2, 0.25) is 0 Å². The Hall–Kier alpha value is -2.26. The van der Waals surface area contributed by atoms with E-state index >= 15 is 0 Å². The first kappa shape index (κ1) is 16.6. The van der Waals surface area contributed by atoms with Crippen LogP contribution in [0.1, 0.15) is 15.5 Å². The number of aryl methyl sites for hydroxylation is 1. The lowest BCUT2D eigenvalue weighted by molar-refractivity contribution is 0.0959. The molecule has 0 saturated heterocycles. The standard InChI is InChI=1S/C15H15BrN6OS/c1-10-17-4-5-22(10)14-7-13(20-9-21-14)18-2-3-19-15(23)12-6-11(16)8-24-12/h4-9H,2-3H2,1H3,(H,19,23)(H,18,20,21). The van der Waals surface area contributed by atoms with Gasteiger partial charge in [0.25, 0.3) is 5.91 Å². The average molecular weight is 407 g/mol. The van der Waals surface area contributed by atoms with E-state index in [-0.39, 0.29) is 5.91 Å². The van der Waals surface area contributed by atoms with Gasteiger partial charge in [0.15, 0.2) is 0 Å². The lowest BCUT2D eigenvalue weighted by atomic mass is 10.4. The van der Waals surface area contributed by atoms with Crippen molar-refractivity contribution >= 4 is 39.0 Å². The second kappa shape index (κ2) is 7.54. The Labute approximate surface area is 151 Å². The minimum absolute atomic E-state index is 0.0788. The number of carbonyl (C=O) groups is 1. The predicted octanol–water partition coefficient (Wildman–Crippen LogP) is 2.64. The number of anilines is 1. The minimum Gasteiger partial charge on any atom is -0.368 e. The van der Waals surface area contributed by atoms with Crippen molar-refractivity contribution in [2.75, 3.05) is 18.4 Å². The number of thiophene rings is 1. The first-order valence-corrected chi connectivity index (χ1v) is 8.89. The fourth-order valence-corrected chi connectivity index (χ4v) is 3.42. The van der Waals surface area contributed by atoms with E-state index in [9.17, 15) is 4.79 Å². The first-order chi connectivity index (χ1) is 11.6. The Kier molecular flexibility index (Phi) is 5.21. The maximum atomic E-state index is 11.9. The number of hydrogen-bond acceptors (Lipinski definition) is 6. The predicted molar refractivity (Wildman–Crippen MR) is 96.7 cm³/mol. The molecule has 24 heavy (non-hydrogen) atoms. The van der Waals surface area contributed by atoms with Crippen LogP contribution in [0.3, 0.4) is 0 Å². The topological polar surface area (TPSA) is 84.7 Å². The third-order valence-corrected chi connectivity index (χ3v) is 4.92. The monoisotopic (exact) mass is 406 g/mol. The fourth-order valence-electron chi connectivity index (χ4n) is 2.08. The van der Waals surface area contributed by atoms with E-state index in [0.29, 0.717) is 23.8 Å². The van der Waals surface area contributed by atoms with Gasteiger partial charge in [-0.3, -0.25) is 9.36 Å². The molecule has 0 fully saturated rings. The lowest BCUT2D eigenvalue weighted by Gasteiger charge is -2.08. The quantitative estimate of drug-likeness (QED) is 0.614. The van der Waals surface area contributed by atoms with Gasteiger partial charge >= 0.3 is 0 Å². The highest BCUT2D eigenvalue weighted by atomic mass is 79.9. The summed E-state index contributed by atoms with van der Waals surface area (Å²) < 4.78 is 2.79. The van der Waals surface area contributed by atoms with Crippen LogP contribution in [-0.2, 0) is 0 Å². The second-order valence-electron chi connectivity index (χ2n) is 4.92. The number of imidazole rings is 1. The van der Waals surface area contributed by atoms with E-state index < -0.39 is 0 Å². The lowest BCUT2D eigenvalue weighted by Crippen LogP contribution is -2.28. The summed E-state index contributed by atoms with van der Waals surface area (Å²) in [7, 11) is 0. The summed E-state index contributed by atoms with van der Waals surface area (Å²) in [6, 6.07) is 3.64. The van der Waals surface area contributed by atoms with Crippen molar-refractivity contribution in [3.63, 3.8) is 0 Å². The van der Waals surface area contributed by atoms with E-state index in [2.05, 4.69) is 41.5 Å². The molecule has 0 aliphatic rings. The smallest absolute Gasteiger partial charge is 0.261 e. The summed E-state index contributed by atoms with van der Waals surface area (Å²) in [5.41, 5.74) is 0. The van der Waals surface area contributed by atoms with Crippen molar-refractivity contribution in [3.8, 4) is 5.82 Å². The van der Waals surface area contributed by atoms with Crippen molar-refractivity contribution in [2.45, 2.75) is 6.92 Å². The Morgan fingerprint density at radius 1 is 1.29 bits per heavy atom. The highest BCUT2D eigenvalue weighted by Gasteiger charge is 2.07. The maximum absolute atomic E-state index is 11.9. The van der Waals surface area contributed by atoms with Crippen molar-refractivity contribution in [1.29, 1.82) is 0 Å². The molecule has 0 unspecified atom stereocenters. The van der Waals surface area contributed by atoms with Crippen molar-refractivity contribution in [2.24, 2.45) is 0 Å². The molecule has 3 heterocycles. The van der Waals surface area contributed by atoms with Crippen molar-refractivity contribution < 1.29 is 4.79 Å². The van der Waals surface area contributed by atoms with Gasteiger partial charge < -0.3 is 10.6 Å². The van der Waals surface area contributed by atoms with Crippen LogP contribution < -0.4 is 10.6 Å². The number of nitrogens with one attached hydrogen (secondary N) is 2. The number of hydrogen-bond donors (Lipinski definition) is 2. The molecule has 0 aliphatic heterocycles. The van der Waals surface area contributed by atoms with E-state index in [1.807, 2.05) is 29.1 Å². The zero-order valence-electron chi connectivity index (χ0n) is 12.9. The van der Waals surface area contributed by atoms with Crippen molar-refractivity contribution in [1.82, 2.24) is 24.8 Å². The molecule has 0 spiro atoms. The van der Waals surface area contributed by atoms with Gasteiger partial charge in [-0.1, -0.05) is 0 Å². The van der Waals surface area contributed by atoms with Crippen LogP contribution in [0.5, 0.6) is 0 Å². The Morgan fingerprint density at radius 2 is 2.17 bits per heavy atom. The van der Waals surface area contributed by atoms with Crippen LogP contribution in [0, 0.1) is 6.92 Å². The summed E-state index contributed by atoms with van der Waals surface area (Å²) in [6.45, 7) is 2.98. The zero-order valence-corrected chi connectivity index (χ0v) is 15.3. The van der Waals surface area contributed by atoms with Gasteiger partial charge in [-0.15, -0.1) is 11.3 Å². The van der Waals surface area contributed by atoms with Gasteiger partial charge in [0.1, 0.15) is 23.8 Å².